The van der Waals surface area contributed by atoms with Crippen molar-refractivity contribution in [2.45, 2.75) is 56.4 Å². The van der Waals surface area contributed by atoms with E-state index in [4.69, 9.17) is 4.74 Å². The Bertz CT molecular complexity index is 586. The molecule has 0 N–H and O–H groups in total. The molecule has 0 saturated heterocycles. The minimum Gasteiger partial charge on any atom is -0.459 e. The van der Waals surface area contributed by atoms with Gasteiger partial charge in [-0.25, -0.2) is 13.2 Å². The number of carbonyl (C=O) groups excluding carboxylic acids is 1. The van der Waals surface area contributed by atoms with E-state index in [0.29, 0.717) is 6.42 Å². The molecule has 21 heavy (non-hydrogen) atoms. The normalized spacial score (nSPS) is 16.6. The first-order chi connectivity index (χ1) is 10.0. The fourth-order valence-corrected chi connectivity index (χ4v) is 4.21. The monoisotopic (exact) mass is 310 g/mol. The molecule has 1 aromatic rings. The van der Waals surface area contributed by atoms with Gasteiger partial charge >= 0.3 is 5.97 Å². The third kappa shape index (κ3) is 4.06. The molecular formula is C16H22O4S. The topological polar surface area (TPSA) is 60.4 Å². The van der Waals surface area contributed by atoms with Crippen LogP contribution in [0.15, 0.2) is 29.2 Å². The Kier molecular flexibility index (Phi) is 5.39. The maximum atomic E-state index is 12.3. The molecule has 2 rings (SSSR count). The summed E-state index contributed by atoms with van der Waals surface area (Å²) in [4.78, 5) is 12.4. The Balaban J connectivity index is 2.21. The number of hydrogen-bond donors (Lipinski definition) is 0. The number of benzene rings is 1. The highest BCUT2D eigenvalue weighted by Gasteiger charge is 2.25. The fourth-order valence-electron chi connectivity index (χ4n) is 2.68. The summed E-state index contributed by atoms with van der Waals surface area (Å²) in [5.74, 6) is -0.474. The maximum Gasteiger partial charge on any atom is 0.339 e. The SMILES string of the molecule is CCCS(=O)(=O)c1ccccc1C(=O)OC1CCCCC1. The molecule has 1 aliphatic carbocycles. The van der Waals surface area contributed by atoms with Gasteiger partial charge in [0, 0.05) is 0 Å². The molecule has 0 unspecified atom stereocenters. The van der Waals surface area contributed by atoms with E-state index >= 15 is 0 Å². The standard InChI is InChI=1S/C16H22O4S/c1-2-12-21(18,19)15-11-7-6-10-14(15)16(17)20-13-8-4-3-5-9-13/h6-7,10-11,13H,2-5,8-9,12H2,1H3. The van der Waals surface area contributed by atoms with Gasteiger partial charge in [0.05, 0.1) is 16.2 Å². The van der Waals surface area contributed by atoms with Crippen molar-refractivity contribution in [1.29, 1.82) is 0 Å². The molecule has 5 heteroatoms. The summed E-state index contributed by atoms with van der Waals surface area (Å²) in [7, 11) is -3.43. The summed E-state index contributed by atoms with van der Waals surface area (Å²) in [5, 5.41) is 0. The van der Waals surface area contributed by atoms with Crippen LogP contribution < -0.4 is 0 Å². The van der Waals surface area contributed by atoms with Crippen LogP contribution in [0.4, 0.5) is 0 Å². The van der Waals surface area contributed by atoms with Crippen LogP contribution in [0.1, 0.15) is 55.8 Å². The molecule has 0 heterocycles. The smallest absolute Gasteiger partial charge is 0.339 e. The van der Waals surface area contributed by atoms with Crippen molar-refractivity contribution >= 4 is 15.8 Å². The number of ether oxygens (including phenoxy) is 1. The lowest BCUT2D eigenvalue weighted by atomic mass is 9.98. The van der Waals surface area contributed by atoms with Crippen LogP contribution in [-0.2, 0) is 14.6 Å². The minimum atomic E-state index is -3.43. The van der Waals surface area contributed by atoms with Gasteiger partial charge in [-0.2, -0.15) is 0 Å². The van der Waals surface area contributed by atoms with Gasteiger partial charge in [-0.15, -0.1) is 0 Å². The molecule has 0 amide bonds. The second-order valence-corrected chi connectivity index (χ2v) is 7.56. The largest absolute Gasteiger partial charge is 0.459 e. The average molecular weight is 310 g/mol. The van der Waals surface area contributed by atoms with E-state index in [-0.39, 0.29) is 22.3 Å². The summed E-state index contributed by atoms with van der Waals surface area (Å²) in [6.45, 7) is 1.81. The minimum absolute atomic E-state index is 0.0424. The molecule has 0 bridgehead atoms. The highest BCUT2D eigenvalue weighted by Crippen LogP contribution is 2.24. The van der Waals surface area contributed by atoms with Gasteiger partial charge < -0.3 is 4.74 Å². The number of rotatable bonds is 5. The molecule has 4 nitrogen and oxygen atoms in total. The van der Waals surface area contributed by atoms with Gasteiger partial charge in [-0.1, -0.05) is 25.5 Å². The Morgan fingerprint density at radius 3 is 2.52 bits per heavy atom. The third-order valence-electron chi connectivity index (χ3n) is 3.74. The van der Waals surface area contributed by atoms with Crippen molar-refractivity contribution in [2.24, 2.45) is 0 Å². The highest BCUT2D eigenvalue weighted by molar-refractivity contribution is 7.91. The van der Waals surface area contributed by atoms with E-state index in [1.807, 2.05) is 0 Å². The van der Waals surface area contributed by atoms with Crippen molar-refractivity contribution in [2.75, 3.05) is 5.75 Å². The molecule has 0 aliphatic heterocycles. The van der Waals surface area contributed by atoms with Gasteiger partial charge in [-0.05, 0) is 44.2 Å². The Morgan fingerprint density at radius 1 is 1.19 bits per heavy atom. The van der Waals surface area contributed by atoms with Crippen molar-refractivity contribution in [1.82, 2.24) is 0 Å². The molecule has 0 atom stereocenters. The molecule has 1 aromatic carbocycles. The summed E-state index contributed by atoms with van der Waals surface area (Å²) in [6, 6.07) is 6.33. The summed E-state index contributed by atoms with van der Waals surface area (Å²) >= 11 is 0. The van der Waals surface area contributed by atoms with E-state index in [2.05, 4.69) is 0 Å². The van der Waals surface area contributed by atoms with E-state index in [1.54, 1.807) is 19.1 Å². The number of hydrogen-bond acceptors (Lipinski definition) is 4. The second kappa shape index (κ2) is 7.07. The number of carbonyl (C=O) groups is 1. The zero-order valence-corrected chi connectivity index (χ0v) is 13.2. The van der Waals surface area contributed by atoms with Crippen LogP contribution in [0.5, 0.6) is 0 Å². The van der Waals surface area contributed by atoms with Gasteiger partial charge in [-0.3, -0.25) is 0 Å². The first-order valence-corrected chi connectivity index (χ1v) is 9.22. The number of esters is 1. The molecule has 1 aliphatic rings. The van der Waals surface area contributed by atoms with Crippen LogP contribution in [0.3, 0.4) is 0 Å². The summed E-state index contributed by atoms with van der Waals surface area (Å²) in [5.41, 5.74) is 0.163. The van der Waals surface area contributed by atoms with Crippen LogP contribution in [0.2, 0.25) is 0 Å². The van der Waals surface area contributed by atoms with Crippen LogP contribution in [0.25, 0.3) is 0 Å². The lowest BCUT2D eigenvalue weighted by Crippen LogP contribution is -2.22. The Labute approximate surface area is 126 Å². The summed E-state index contributed by atoms with van der Waals surface area (Å²) < 4.78 is 30.0. The average Bonchev–Trinajstić information content (AvgIpc) is 2.48. The Morgan fingerprint density at radius 2 is 1.86 bits per heavy atom. The van der Waals surface area contributed by atoms with Gasteiger partial charge in [0.25, 0.3) is 0 Å². The van der Waals surface area contributed by atoms with Crippen LogP contribution in [-0.4, -0.2) is 26.2 Å². The van der Waals surface area contributed by atoms with Gasteiger partial charge in [0.1, 0.15) is 6.10 Å². The molecular weight excluding hydrogens is 288 g/mol. The zero-order valence-electron chi connectivity index (χ0n) is 12.4. The zero-order chi connectivity index (χ0) is 15.3. The quantitative estimate of drug-likeness (QED) is 0.782. The maximum absolute atomic E-state index is 12.3. The van der Waals surface area contributed by atoms with E-state index in [9.17, 15) is 13.2 Å². The van der Waals surface area contributed by atoms with Crippen molar-refractivity contribution in [3.05, 3.63) is 29.8 Å². The van der Waals surface area contributed by atoms with Crippen molar-refractivity contribution in [3.63, 3.8) is 0 Å². The van der Waals surface area contributed by atoms with Crippen molar-refractivity contribution in [3.8, 4) is 0 Å². The third-order valence-corrected chi connectivity index (χ3v) is 5.71. The molecule has 116 valence electrons. The molecule has 1 saturated carbocycles. The van der Waals surface area contributed by atoms with Gasteiger partial charge in [0.2, 0.25) is 0 Å². The first-order valence-electron chi connectivity index (χ1n) is 7.57. The fraction of sp³-hybridized carbons (Fsp3) is 0.562. The van der Waals surface area contributed by atoms with Crippen molar-refractivity contribution < 1.29 is 17.9 Å². The lowest BCUT2D eigenvalue weighted by molar-refractivity contribution is 0.0207. The van der Waals surface area contributed by atoms with Crippen LogP contribution >= 0.6 is 0 Å². The van der Waals surface area contributed by atoms with E-state index in [1.165, 1.54) is 18.6 Å². The van der Waals surface area contributed by atoms with E-state index < -0.39 is 15.8 Å². The molecule has 1 fully saturated rings. The van der Waals surface area contributed by atoms with E-state index in [0.717, 1.165) is 25.7 Å². The molecule has 0 spiro atoms. The predicted octanol–water partition coefficient (Wildman–Crippen LogP) is 3.36. The molecule has 0 aromatic heterocycles. The van der Waals surface area contributed by atoms with Gasteiger partial charge in [0.15, 0.2) is 9.84 Å². The number of sulfone groups is 1. The second-order valence-electron chi connectivity index (χ2n) is 5.48. The predicted molar refractivity (Wildman–Crippen MR) is 81.1 cm³/mol. The lowest BCUT2D eigenvalue weighted by Gasteiger charge is -2.22. The Hall–Kier alpha value is -1.36. The summed E-state index contributed by atoms with van der Waals surface area (Å²) in [6.07, 6.45) is 5.49. The first kappa shape index (κ1) is 16.0. The highest BCUT2D eigenvalue weighted by atomic mass is 32.2. The molecule has 0 radical (unpaired) electrons. The van der Waals surface area contributed by atoms with Crippen LogP contribution in [0, 0.1) is 0 Å².